The number of benzene rings is 1. The van der Waals surface area contributed by atoms with Gasteiger partial charge in [0.2, 0.25) is 5.78 Å². The van der Waals surface area contributed by atoms with Gasteiger partial charge in [0.1, 0.15) is 0 Å². The number of carbonyl (C=O) groups is 2. The predicted octanol–water partition coefficient (Wildman–Crippen LogP) is 3.12. The van der Waals surface area contributed by atoms with Crippen LogP contribution in [-0.4, -0.2) is 42.9 Å². The molecule has 3 rings (SSSR count). The zero-order valence-electron chi connectivity index (χ0n) is 16.6. The Morgan fingerprint density at radius 3 is 2.46 bits per heavy atom. The third-order valence-electron chi connectivity index (χ3n) is 5.31. The van der Waals surface area contributed by atoms with Crippen LogP contribution in [0.25, 0.3) is 0 Å². The number of hydrogen-bond donors (Lipinski definition) is 0. The maximum absolute atomic E-state index is 12.7. The molecule has 150 valence electrons. The lowest BCUT2D eigenvalue weighted by Crippen LogP contribution is -2.17. The number of aromatic nitrogens is 1. The van der Waals surface area contributed by atoms with Crippen LogP contribution in [0.4, 0.5) is 0 Å². The van der Waals surface area contributed by atoms with Crippen molar-refractivity contribution in [2.24, 2.45) is 0 Å². The Kier molecular flexibility index (Phi) is 5.48. The smallest absolute Gasteiger partial charge is 0.338 e. The van der Waals surface area contributed by atoms with Gasteiger partial charge in [-0.1, -0.05) is 17.7 Å². The number of carbonyl (C=O) groups excluding carboxylic acids is 2. The molecule has 1 saturated heterocycles. The molecule has 0 spiro atoms. The summed E-state index contributed by atoms with van der Waals surface area (Å²) in [6.07, 6.45) is 0.550. The average molecular weight is 404 g/mol. The fourth-order valence-corrected chi connectivity index (χ4v) is 5.54. The number of hydrogen-bond acceptors (Lipinski definition) is 5. The van der Waals surface area contributed by atoms with Gasteiger partial charge >= 0.3 is 5.97 Å². The Balaban J connectivity index is 1.74. The van der Waals surface area contributed by atoms with Gasteiger partial charge in [-0.2, -0.15) is 0 Å². The zero-order valence-corrected chi connectivity index (χ0v) is 17.4. The zero-order chi connectivity index (χ0) is 20.6. The highest BCUT2D eigenvalue weighted by atomic mass is 32.2. The summed E-state index contributed by atoms with van der Waals surface area (Å²) in [5, 5.41) is 0. The van der Waals surface area contributed by atoms with E-state index in [-0.39, 0.29) is 29.9 Å². The van der Waals surface area contributed by atoms with E-state index in [0.717, 1.165) is 16.8 Å². The molecule has 1 fully saturated rings. The molecule has 7 heteroatoms. The normalized spacial score (nSPS) is 18.2. The van der Waals surface area contributed by atoms with E-state index in [1.54, 1.807) is 19.1 Å². The summed E-state index contributed by atoms with van der Waals surface area (Å²) in [6.45, 7) is 7.02. The fourth-order valence-electron chi connectivity index (χ4n) is 3.84. The number of ether oxygens (including phenoxy) is 1. The molecule has 28 heavy (non-hydrogen) atoms. The molecule has 2 heterocycles. The molecule has 0 radical (unpaired) electrons. The largest absolute Gasteiger partial charge is 0.454 e. The van der Waals surface area contributed by atoms with Crippen LogP contribution in [0.15, 0.2) is 24.3 Å². The Labute approximate surface area is 165 Å². The van der Waals surface area contributed by atoms with Gasteiger partial charge in [-0.05, 0) is 51.8 Å². The van der Waals surface area contributed by atoms with Gasteiger partial charge in [-0.15, -0.1) is 0 Å². The second-order valence-corrected chi connectivity index (χ2v) is 9.76. The van der Waals surface area contributed by atoms with E-state index in [1.807, 2.05) is 37.5 Å². The summed E-state index contributed by atoms with van der Waals surface area (Å²) in [5.74, 6) is -0.548. The van der Waals surface area contributed by atoms with Crippen molar-refractivity contribution < 1.29 is 22.7 Å². The van der Waals surface area contributed by atoms with Crippen LogP contribution in [0.2, 0.25) is 0 Å². The molecule has 1 aliphatic heterocycles. The van der Waals surface area contributed by atoms with Crippen molar-refractivity contribution in [2.45, 2.75) is 40.2 Å². The molecule has 0 N–H and O–H groups in total. The average Bonchev–Trinajstić information content (AvgIpc) is 3.12. The van der Waals surface area contributed by atoms with E-state index in [2.05, 4.69) is 0 Å². The van der Waals surface area contributed by atoms with Crippen LogP contribution in [0.5, 0.6) is 0 Å². The number of nitrogens with zero attached hydrogens (tertiary/aromatic N) is 1. The highest BCUT2D eigenvalue weighted by Crippen LogP contribution is 2.29. The summed E-state index contributed by atoms with van der Waals surface area (Å²) in [4.78, 5) is 25.0. The second kappa shape index (κ2) is 7.54. The van der Waals surface area contributed by atoms with Crippen molar-refractivity contribution in [3.05, 3.63) is 57.9 Å². The fraction of sp³-hybridized carbons (Fsp3) is 0.429. The van der Waals surface area contributed by atoms with Crippen molar-refractivity contribution in [1.29, 1.82) is 0 Å². The number of esters is 1. The minimum atomic E-state index is -3.02. The molecular formula is C21H25NO5S. The third-order valence-corrected chi connectivity index (χ3v) is 7.06. The molecule has 6 nitrogen and oxygen atoms in total. The number of sulfone groups is 1. The first kappa shape index (κ1) is 20.3. The van der Waals surface area contributed by atoms with Crippen LogP contribution in [0.1, 0.15) is 55.7 Å². The van der Waals surface area contributed by atoms with Gasteiger partial charge in [-0.3, -0.25) is 4.79 Å². The molecular weight excluding hydrogens is 378 g/mol. The van der Waals surface area contributed by atoms with Gasteiger partial charge in [0, 0.05) is 23.0 Å². The molecule has 1 aromatic heterocycles. The molecule has 1 aromatic carbocycles. The molecule has 0 bridgehead atoms. The second-order valence-electron chi connectivity index (χ2n) is 7.53. The Hall–Kier alpha value is -2.41. The van der Waals surface area contributed by atoms with Crippen LogP contribution in [0, 0.1) is 27.7 Å². The number of Topliss-reactive ketones (excluding diaryl/α,β-unsaturated/α-hetero) is 1. The van der Waals surface area contributed by atoms with Crippen molar-refractivity contribution >= 4 is 21.6 Å². The molecule has 0 saturated carbocycles. The minimum Gasteiger partial charge on any atom is -0.454 e. The lowest BCUT2D eigenvalue weighted by atomic mass is 10.1. The lowest BCUT2D eigenvalue weighted by molar-refractivity contribution is 0.0473. The Morgan fingerprint density at radius 1 is 1.11 bits per heavy atom. The Bertz CT molecular complexity index is 1050. The summed E-state index contributed by atoms with van der Waals surface area (Å²) in [6, 6.07) is 7.10. The Morgan fingerprint density at radius 2 is 1.82 bits per heavy atom. The van der Waals surface area contributed by atoms with Gasteiger partial charge in [0.15, 0.2) is 16.4 Å². The van der Waals surface area contributed by atoms with E-state index < -0.39 is 15.8 Å². The van der Waals surface area contributed by atoms with Gasteiger partial charge in [0.25, 0.3) is 0 Å². The first-order valence-electron chi connectivity index (χ1n) is 9.25. The monoisotopic (exact) mass is 403 g/mol. The van der Waals surface area contributed by atoms with Crippen molar-refractivity contribution in [2.75, 3.05) is 18.1 Å². The van der Waals surface area contributed by atoms with Gasteiger partial charge < -0.3 is 9.30 Å². The summed E-state index contributed by atoms with van der Waals surface area (Å²) < 4.78 is 30.8. The third kappa shape index (κ3) is 4.04. The van der Waals surface area contributed by atoms with Crippen LogP contribution in [0.3, 0.4) is 0 Å². The molecule has 2 aromatic rings. The maximum Gasteiger partial charge on any atom is 0.338 e. The first-order valence-corrected chi connectivity index (χ1v) is 11.1. The summed E-state index contributed by atoms with van der Waals surface area (Å²) in [7, 11) is -3.02. The minimum absolute atomic E-state index is 0.0958. The van der Waals surface area contributed by atoms with Crippen molar-refractivity contribution in [1.82, 2.24) is 4.57 Å². The number of ketones is 1. The van der Waals surface area contributed by atoms with Crippen LogP contribution < -0.4 is 0 Å². The predicted molar refractivity (Wildman–Crippen MR) is 107 cm³/mol. The highest BCUT2D eigenvalue weighted by molar-refractivity contribution is 7.91. The van der Waals surface area contributed by atoms with Gasteiger partial charge in [0.05, 0.1) is 17.1 Å². The van der Waals surface area contributed by atoms with E-state index in [0.29, 0.717) is 23.2 Å². The van der Waals surface area contributed by atoms with Crippen molar-refractivity contribution in [3.63, 3.8) is 0 Å². The van der Waals surface area contributed by atoms with Crippen LogP contribution in [-0.2, 0) is 14.6 Å². The van der Waals surface area contributed by atoms with Crippen LogP contribution >= 0.6 is 0 Å². The summed E-state index contributed by atoms with van der Waals surface area (Å²) in [5.41, 5.74) is 4.21. The van der Waals surface area contributed by atoms with Crippen molar-refractivity contribution in [3.8, 4) is 0 Å². The highest BCUT2D eigenvalue weighted by Gasteiger charge is 2.31. The van der Waals surface area contributed by atoms with Gasteiger partial charge in [-0.25, -0.2) is 13.2 Å². The topological polar surface area (TPSA) is 82.4 Å². The quantitative estimate of drug-likeness (QED) is 0.566. The molecule has 1 aliphatic rings. The van der Waals surface area contributed by atoms with E-state index in [4.69, 9.17) is 4.74 Å². The van der Waals surface area contributed by atoms with E-state index in [9.17, 15) is 18.0 Å². The number of aryl methyl sites for hydroxylation is 3. The SMILES string of the molecule is Cc1ccc(C)c(C(=O)OCC(=O)c2cc(C)n([C@H]3CCS(=O)(=O)C3)c2C)c1. The van der Waals surface area contributed by atoms with E-state index in [1.165, 1.54) is 0 Å². The lowest BCUT2D eigenvalue weighted by Gasteiger charge is -2.16. The molecule has 1 atom stereocenters. The molecule has 0 unspecified atom stereocenters. The molecule has 0 amide bonds. The number of rotatable bonds is 5. The maximum atomic E-state index is 12.7. The molecule has 0 aliphatic carbocycles. The standard InChI is InChI=1S/C21H25NO5S/c1-13-5-6-14(2)18(9-13)21(24)27-11-20(23)19-10-15(3)22(16(19)4)17-7-8-28(25,26)12-17/h5-6,9-10,17H,7-8,11-12H2,1-4H3/t17-/m0/s1. The summed E-state index contributed by atoms with van der Waals surface area (Å²) >= 11 is 0. The first-order chi connectivity index (χ1) is 13.1. The van der Waals surface area contributed by atoms with E-state index >= 15 is 0 Å².